The van der Waals surface area contributed by atoms with Crippen LogP contribution in [0.4, 0.5) is 0 Å². The van der Waals surface area contributed by atoms with Gasteiger partial charge in [0.2, 0.25) is 0 Å². The molecule has 0 bridgehead atoms. The molecule has 1 atom stereocenters. The predicted octanol–water partition coefficient (Wildman–Crippen LogP) is 5.10. The van der Waals surface area contributed by atoms with Gasteiger partial charge in [-0.3, -0.25) is 0 Å². The van der Waals surface area contributed by atoms with E-state index in [1.807, 2.05) is 0 Å². The van der Waals surface area contributed by atoms with Crippen LogP contribution in [0.25, 0.3) is 0 Å². The lowest BCUT2D eigenvalue weighted by atomic mass is 9.78. The Hall–Kier alpha value is -0.940. The molecule has 1 aromatic carbocycles. The molecule has 4 nitrogen and oxygen atoms in total. The molecular weight excluding hydrogens is 362 g/mol. The van der Waals surface area contributed by atoms with Gasteiger partial charge in [0.25, 0.3) is 0 Å². The van der Waals surface area contributed by atoms with E-state index in [0.29, 0.717) is 0 Å². The van der Waals surface area contributed by atoms with Crippen molar-refractivity contribution in [3.05, 3.63) is 35.4 Å². The first-order chi connectivity index (χ1) is 13.4. The summed E-state index contributed by atoms with van der Waals surface area (Å²) in [6.45, 7) is 15.5. The van der Waals surface area contributed by atoms with E-state index in [2.05, 4.69) is 71.1 Å². The molecule has 29 heavy (non-hydrogen) atoms. The highest BCUT2D eigenvalue weighted by Gasteiger charge is 2.46. The van der Waals surface area contributed by atoms with Crippen LogP contribution in [-0.2, 0) is 14.9 Å². The minimum absolute atomic E-state index is 0.0874. The number of benzene rings is 1. The molecule has 0 unspecified atom stereocenters. The van der Waals surface area contributed by atoms with Crippen molar-refractivity contribution in [1.29, 1.82) is 0 Å². The first-order valence-corrected chi connectivity index (χ1v) is 11.3. The highest BCUT2D eigenvalue weighted by atomic mass is 16.7. The molecule has 0 radical (unpaired) electrons. The Labute approximate surface area is 177 Å². The summed E-state index contributed by atoms with van der Waals surface area (Å²) in [5.41, 5.74) is 2.30. The van der Waals surface area contributed by atoms with Crippen LogP contribution < -0.4 is 5.32 Å². The van der Waals surface area contributed by atoms with Crippen molar-refractivity contribution in [3.63, 3.8) is 0 Å². The first kappa shape index (κ1) is 22.7. The zero-order valence-electron chi connectivity index (χ0n) is 19.3. The maximum Gasteiger partial charge on any atom is 0.168 e. The summed E-state index contributed by atoms with van der Waals surface area (Å²) < 4.78 is 12.2. The van der Waals surface area contributed by atoms with E-state index >= 15 is 0 Å². The molecule has 2 fully saturated rings. The fraction of sp³-hybridized carbons (Fsp3) is 0.760. The van der Waals surface area contributed by atoms with E-state index < -0.39 is 11.4 Å². The minimum Gasteiger partial charge on any atom is -0.390 e. The lowest BCUT2D eigenvalue weighted by molar-refractivity contribution is -0.319. The van der Waals surface area contributed by atoms with Gasteiger partial charge < -0.3 is 19.9 Å². The molecule has 2 N–H and O–H groups in total. The molecule has 1 saturated carbocycles. The van der Waals surface area contributed by atoms with Gasteiger partial charge in [0, 0.05) is 24.3 Å². The Morgan fingerprint density at radius 2 is 1.55 bits per heavy atom. The molecule has 4 heteroatoms. The fourth-order valence-electron chi connectivity index (χ4n) is 4.28. The number of aliphatic hydroxyl groups is 1. The van der Waals surface area contributed by atoms with Crippen molar-refractivity contribution in [1.82, 2.24) is 5.32 Å². The van der Waals surface area contributed by atoms with Gasteiger partial charge in [-0.1, -0.05) is 58.9 Å². The Balaban J connectivity index is 1.44. The van der Waals surface area contributed by atoms with Gasteiger partial charge in [0.15, 0.2) is 5.79 Å². The molecular formula is C25H41NO3. The molecule has 0 aromatic heterocycles. The zero-order chi connectivity index (χ0) is 21.3. The van der Waals surface area contributed by atoms with Crippen LogP contribution in [0, 0.1) is 5.41 Å². The van der Waals surface area contributed by atoms with E-state index in [1.54, 1.807) is 0 Å². The highest BCUT2D eigenvalue weighted by Crippen LogP contribution is 2.43. The second-order valence-corrected chi connectivity index (χ2v) is 11.2. The van der Waals surface area contributed by atoms with Gasteiger partial charge in [-0.2, -0.15) is 0 Å². The second kappa shape index (κ2) is 8.30. The number of hydrogen-bond donors (Lipinski definition) is 2. The van der Waals surface area contributed by atoms with Gasteiger partial charge in [-0.05, 0) is 49.3 Å². The van der Waals surface area contributed by atoms with Crippen LogP contribution in [0.3, 0.4) is 0 Å². The summed E-state index contributed by atoms with van der Waals surface area (Å²) in [5.74, 6) is -0.461. The third kappa shape index (κ3) is 5.81. The summed E-state index contributed by atoms with van der Waals surface area (Å²) in [6, 6.07) is 9.17. The molecule has 3 rings (SSSR count). The fourth-order valence-corrected chi connectivity index (χ4v) is 4.28. The van der Waals surface area contributed by atoms with Gasteiger partial charge in [0.1, 0.15) is 0 Å². The molecule has 164 valence electrons. The van der Waals surface area contributed by atoms with Crippen molar-refractivity contribution >= 4 is 0 Å². The number of hydrogen-bond acceptors (Lipinski definition) is 4. The maximum atomic E-state index is 11.0. The second-order valence-electron chi connectivity index (χ2n) is 11.2. The van der Waals surface area contributed by atoms with Crippen molar-refractivity contribution in [3.8, 4) is 0 Å². The summed E-state index contributed by atoms with van der Waals surface area (Å²) in [7, 11) is 0. The standard InChI is InChI=1S/C25H41NO3/c1-19(20-7-9-21(10-8-20)22(2,3)4)26-16-15-24(27)11-13-25(14-12-24)28-17-23(5,6)18-29-25/h7-10,19,26-27H,11-18H2,1-6H3/t19-/m0/s1. The Morgan fingerprint density at radius 1 is 1.00 bits per heavy atom. The molecule has 1 aliphatic heterocycles. The van der Waals surface area contributed by atoms with Crippen LogP contribution in [0.5, 0.6) is 0 Å². The van der Waals surface area contributed by atoms with Crippen LogP contribution in [0.15, 0.2) is 24.3 Å². The third-order valence-electron chi connectivity index (χ3n) is 6.71. The summed E-state index contributed by atoms with van der Waals surface area (Å²) >= 11 is 0. The zero-order valence-corrected chi connectivity index (χ0v) is 19.3. The summed E-state index contributed by atoms with van der Waals surface area (Å²) in [4.78, 5) is 0. The number of nitrogens with one attached hydrogen (secondary N) is 1. The van der Waals surface area contributed by atoms with Crippen LogP contribution in [-0.4, -0.2) is 36.3 Å². The van der Waals surface area contributed by atoms with Gasteiger partial charge in [-0.25, -0.2) is 0 Å². The molecule has 1 aliphatic carbocycles. The molecule has 1 spiro atoms. The average molecular weight is 404 g/mol. The summed E-state index contributed by atoms with van der Waals surface area (Å²) in [6.07, 6.45) is 3.80. The smallest absolute Gasteiger partial charge is 0.168 e. The van der Waals surface area contributed by atoms with Gasteiger partial charge >= 0.3 is 0 Å². The van der Waals surface area contributed by atoms with E-state index in [0.717, 1.165) is 51.9 Å². The molecule has 0 amide bonds. The van der Waals surface area contributed by atoms with Crippen LogP contribution in [0.2, 0.25) is 0 Å². The average Bonchev–Trinajstić information content (AvgIpc) is 2.66. The Kier molecular flexibility index (Phi) is 6.51. The lowest BCUT2D eigenvalue weighted by Crippen LogP contribution is -2.52. The van der Waals surface area contributed by atoms with E-state index in [-0.39, 0.29) is 16.9 Å². The Morgan fingerprint density at radius 3 is 2.07 bits per heavy atom. The Bertz CT molecular complexity index is 654. The number of rotatable bonds is 5. The SMILES string of the molecule is C[C@H](NCCC1(O)CCC2(CC1)OCC(C)(C)CO2)c1ccc(C(C)(C)C)cc1. The minimum atomic E-state index is -0.617. The van der Waals surface area contributed by atoms with Crippen LogP contribution in [0.1, 0.15) is 90.8 Å². The van der Waals surface area contributed by atoms with Crippen molar-refractivity contribution in [2.75, 3.05) is 19.8 Å². The van der Waals surface area contributed by atoms with E-state index in [9.17, 15) is 5.11 Å². The van der Waals surface area contributed by atoms with Gasteiger partial charge in [0.05, 0.1) is 18.8 Å². The highest BCUT2D eigenvalue weighted by molar-refractivity contribution is 5.29. The molecule has 2 aliphatic rings. The van der Waals surface area contributed by atoms with Crippen molar-refractivity contribution in [2.45, 2.75) is 96.5 Å². The maximum absolute atomic E-state index is 11.0. The monoisotopic (exact) mass is 403 g/mol. The first-order valence-electron chi connectivity index (χ1n) is 11.3. The molecule has 1 heterocycles. The normalized spacial score (nSPS) is 24.4. The van der Waals surface area contributed by atoms with E-state index in [1.165, 1.54) is 11.1 Å². The number of ether oxygens (including phenoxy) is 2. The van der Waals surface area contributed by atoms with Crippen molar-refractivity contribution < 1.29 is 14.6 Å². The van der Waals surface area contributed by atoms with E-state index in [4.69, 9.17) is 9.47 Å². The predicted molar refractivity (Wildman–Crippen MR) is 118 cm³/mol. The lowest BCUT2D eigenvalue weighted by Gasteiger charge is -2.48. The molecule has 1 saturated heterocycles. The van der Waals surface area contributed by atoms with Crippen LogP contribution >= 0.6 is 0 Å². The largest absolute Gasteiger partial charge is 0.390 e. The topological polar surface area (TPSA) is 50.7 Å². The van der Waals surface area contributed by atoms with Crippen molar-refractivity contribution in [2.24, 2.45) is 5.41 Å². The summed E-state index contributed by atoms with van der Waals surface area (Å²) in [5, 5.41) is 14.6. The van der Waals surface area contributed by atoms with Gasteiger partial charge in [-0.15, -0.1) is 0 Å². The quantitative estimate of drug-likeness (QED) is 0.718. The molecule has 1 aromatic rings. The third-order valence-corrected chi connectivity index (χ3v) is 6.71.